The summed E-state index contributed by atoms with van der Waals surface area (Å²) in [5.41, 5.74) is 3.17. The van der Waals surface area contributed by atoms with Gasteiger partial charge in [0.1, 0.15) is 6.04 Å². The molecule has 2 aromatic rings. The molecule has 0 radical (unpaired) electrons. The number of carbonyl (C=O) groups is 1. The number of benzene rings is 1. The van der Waals surface area contributed by atoms with Crippen molar-refractivity contribution in [3.63, 3.8) is 0 Å². The Morgan fingerprint density at radius 1 is 1.30 bits per heavy atom. The number of amides is 1. The quantitative estimate of drug-likeness (QED) is 0.877. The molecule has 0 bridgehead atoms. The second kappa shape index (κ2) is 6.39. The molecule has 1 aromatic heterocycles. The minimum Gasteiger partial charge on any atom is -0.463 e. The predicted molar refractivity (Wildman–Crippen MR) is 78.5 cm³/mol. The molecule has 0 unspecified atom stereocenters. The van der Waals surface area contributed by atoms with E-state index in [1.807, 2.05) is 56.4 Å². The van der Waals surface area contributed by atoms with Crippen molar-refractivity contribution in [3.05, 3.63) is 53.5 Å². The Morgan fingerprint density at radius 3 is 2.80 bits per heavy atom. The lowest BCUT2D eigenvalue weighted by atomic mass is 10.1. The van der Waals surface area contributed by atoms with Crippen LogP contribution in [0.1, 0.15) is 29.9 Å². The van der Waals surface area contributed by atoms with E-state index in [1.165, 1.54) is 5.56 Å². The molecule has 1 amide bonds. The van der Waals surface area contributed by atoms with Crippen molar-refractivity contribution >= 4 is 11.6 Å². The summed E-state index contributed by atoms with van der Waals surface area (Å²) < 4.78 is 5.32. The Balaban J connectivity index is 1.88. The number of furan rings is 1. The topological polar surface area (TPSA) is 58.9 Å². The zero-order valence-electron chi connectivity index (χ0n) is 12.1. The summed E-state index contributed by atoms with van der Waals surface area (Å²) in [5, 5.41) is 4.91. The highest BCUT2D eigenvalue weighted by Gasteiger charge is 2.14. The van der Waals surface area contributed by atoms with Gasteiger partial charge in [-0.1, -0.05) is 12.1 Å². The Kier molecular flexibility index (Phi) is 4.58. The molecule has 0 aliphatic carbocycles. The average Bonchev–Trinajstić information content (AvgIpc) is 2.95. The zero-order chi connectivity index (χ0) is 14.5. The number of nitrogens with one attached hydrogen (secondary N) is 1. The third kappa shape index (κ3) is 3.48. The molecule has 1 atom stereocenters. The lowest BCUT2D eigenvalue weighted by Gasteiger charge is -2.11. The lowest BCUT2D eigenvalue weighted by molar-refractivity contribution is -0.684. The van der Waals surface area contributed by atoms with Gasteiger partial charge in [-0.05, 0) is 50.1 Å². The molecule has 2 rings (SSSR count). The van der Waals surface area contributed by atoms with Crippen molar-refractivity contribution in [2.24, 2.45) is 0 Å². The van der Waals surface area contributed by atoms with Gasteiger partial charge in [0.25, 0.3) is 5.91 Å². The van der Waals surface area contributed by atoms with Gasteiger partial charge >= 0.3 is 0 Å². The Morgan fingerprint density at radius 2 is 2.10 bits per heavy atom. The second-order valence-electron chi connectivity index (χ2n) is 5.04. The second-order valence-corrected chi connectivity index (χ2v) is 5.04. The van der Waals surface area contributed by atoms with Crippen LogP contribution < -0.4 is 10.6 Å². The number of quaternary nitrogens is 1. The number of hydrogen-bond acceptors (Lipinski definition) is 2. The lowest BCUT2D eigenvalue weighted by Crippen LogP contribution is -2.86. The fourth-order valence-electron chi connectivity index (χ4n) is 2.04. The highest BCUT2D eigenvalue weighted by Crippen LogP contribution is 2.17. The first-order valence-electron chi connectivity index (χ1n) is 6.80. The Hall–Kier alpha value is -2.07. The summed E-state index contributed by atoms with van der Waals surface area (Å²) in [6, 6.07) is 9.83. The van der Waals surface area contributed by atoms with Gasteiger partial charge in [-0.2, -0.15) is 0 Å². The van der Waals surface area contributed by atoms with E-state index in [1.54, 1.807) is 6.26 Å². The maximum Gasteiger partial charge on any atom is 0.279 e. The summed E-state index contributed by atoms with van der Waals surface area (Å²) >= 11 is 0. The van der Waals surface area contributed by atoms with Gasteiger partial charge in [-0.15, -0.1) is 0 Å². The molecule has 3 N–H and O–H groups in total. The molecule has 0 spiro atoms. The minimum atomic E-state index is -0.00268. The van der Waals surface area contributed by atoms with E-state index in [2.05, 4.69) is 5.32 Å². The van der Waals surface area contributed by atoms with Crippen molar-refractivity contribution in [3.8, 4) is 0 Å². The van der Waals surface area contributed by atoms with Crippen LogP contribution in [-0.4, -0.2) is 12.5 Å². The van der Waals surface area contributed by atoms with Gasteiger partial charge in [0.05, 0.1) is 6.26 Å². The molecular formula is C16H21N2O2+. The standard InChI is InChI=1S/C16H20N2O2/c1-11-6-4-7-14(12(11)2)18-16(19)10-17-13(3)15-8-5-9-20-15/h4-9,13,17H,10H2,1-3H3,(H,18,19)/p+1/t13-/m0/s1. The van der Waals surface area contributed by atoms with Crippen molar-refractivity contribution in [1.82, 2.24) is 0 Å². The van der Waals surface area contributed by atoms with Crippen LogP contribution in [0.4, 0.5) is 5.69 Å². The molecule has 106 valence electrons. The van der Waals surface area contributed by atoms with Crippen LogP contribution >= 0.6 is 0 Å². The van der Waals surface area contributed by atoms with Crippen LogP contribution in [-0.2, 0) is 4.79 Å². The highest BCUT2D eigenvalue weighted by molar-refractivity contribution is 5.92. The first kappa shape index (κ1) is 14.3. The number of rotatable bonds is 5. The molecule has 0 aliphatic rings. The summed E-state index contributed by atoms with van der Waals surface area (Å²) in [6.07, 6.45) is 1.65. The zero-order valence-corrected chi connectivity index (χ0v) is 12.1. The largest absolute Gasteiger partial charge is 0.463 e. The third-order valence-corrected chi connectivity index (χ3v) is 3.53. The van der Waals surface area contributed by atoms with E-state index in [4.69, 9.17) is 4.42 Å². The average molecular weight is 273 g/mol. The van der Waals surface area contributed by atoms with Gasteiger partial charge < -0.3 is 15.1 Å². The third-order valence-electron chi connectivity index (χ3n) is 3.53. The molecule has 0 fully saturated rings. The van der Waals surface area contributed by atoms with Crippen LogP contribution in [0.25, 0.3) is 0 Å². The maximum atomic E-state index is 12.0. The fourth-order valence-corrected chi connectivity index (χ4v) is 2.04. The number of hydrogen-bond donors (Lipinski definition) is 2. The predicted octanol–water partition coefficient (Wildman–Crippen LogP) is 2.16. The first-order valence-corrected chi connectivity index (χ1v) is 6.80. The van der Waals surface area contributed by atoms with Crippen molar-refractivity contribution in [2.75, 3.05) is 11.9 Å². The molecule has 0 aliphatic heterocycles. The number of nitrogens with two attached hydrogens (primary N) is 1. The van der Waals surface area contributed by atoms with Crippen LogP contribution in [0.15, 0.2) is 41.0 Å². The van der Waals surface area contributed by atoms with Gasteiger partial charge in [-0.25, -0.2) is 0 Å². The van der Waals surface area contributed by atoms with E-state index < -0.39 is 0 Å². The van der Waals surface area contributed by atoms with E-state index in [0.717, 1.165) is 17.0 Å². The molecule has 1 heterocycles. The maximum absolute atomic E-state index is 12.0. The van der Waals surface area contributed by atoms with Crippen LogP contribution in [0.3, 0.4) is 0 Å². The van der Waals surface area contributed by atoms with Gasteiger partial charge in [0.2, 0.25) is 0 Å². The molecule has 0 saturated carbocycles. The van der Waals surface area contributed by atoms with Crippen molar-refractivity contribution in [2.45, 2.75) is 26.8 Å². The van der Waals surface area contributed by atoms with E-state index in [9.17, 15) is 4.79 Å². The van der Waals surface area contributed by atoms with Gasteiger partial charge in [0, 0.05) is 5.69 Å². The summed E-state index contributed by atoms with van der Waals surface area (Å²) in [4.78, 5) is 12.0. The van der Waals surface area contributed by atoms with Crippen LogP contribution in [0, 0.1) is 13.8 Å². The van der Waals surface area contributed by atoms with E-state index in [0.29, 0.717) is 6.54 Å². The molecule has 20 heavy (non-hydrogen) atoms. The summed E-state index contributed by atoms with van der Waals surface area (Å²) in [7, 11) is 0. The summed E-state index contributed by atoms with van der Waals surface area (Å²) in [5.74, 6) is 0.877. The molecular weight excluding hydrogens is 252 g/mol. The number of carbonyl (C=O) groups excluding carboxylic acids is 1. The first-order chi connectivity index (χ1) is 9.58. The normalized spacial score (nSPS) is 12.2. The number of aryl methyl sites for hydroxylation is 1. The monoisotopic (exact) mass is 273 g/mol. The van der Waals surface area contributed by atoms with Gasteiger partial charge in [0.15, 0.2) is 12.3 Å². The molecule has 0 saturated heterocycles. The minimum absolute atomic E-state index is 0.00268. The SMILES string of the molecule is Cc1cccc(NC(=O)C[NH2+][C@@H](C)c2ccco2)c1C. The van der Waals surface area contributed by atoms with Gasteiger partial charge in [-0.3, -0.25) is 4.79 Å². The molecule has 4 heteroatoms. The van der Waals surface area contributed by atoms with E-state index in [-0.39, 0.29) is 11.9 Å². The highest BCUT2D eigenvalue weighted by atomic mass is 16.3. The molecule has 4 nitrogen and oxygen atoms in total. The van der Waals surface area contributed by atoms with Crippen molar-refractivity contribution < 1.29 is 14.5 Å². The van der Waals surface area contributed by atoms with Crippen molar-refractivity contribution in [1.29, 1.82) is 0 Å². The summed E-state index contributed by atoms with van der Waals surface area (Å²) in [6.45, 7) is 6.44. The van der Waals surface area contributed by atoms with E-state index >= 15 is 0 Å². The Labute approximate surface area is 119 Å². The fraction of sp³-hybridized carbons (Fsp3) is 0.312. The smallest absolute Gasteiger partial charge is 0.279 e. The van der Waals surface area contributed by atoms with Crippen LogP contribution in [0.2, 0.25) is 0 Å². The number of anilines is 1. The van der Waals surface area contributed by atoms with Crippen LogP contribution in [0.5, 0.6) is 0 Å². The molecule has 1 aromatic carbocycles. The Bertz CT molecular complexity index is 576.